The zero-order valence-electron chi connectivity index (χ0n) is 5.37. The fourth-order valence-electron chi connectivity index (χ4n) is 0.438. The van der Waals surface area contributed by atoms with Crippen LogP contribution < -0.4 is 0 Å². The van der Waals surface area contributed by atoms with Crippen molar-refractivity contribution >= 4 is 0 Å². The van der Waals surface area contributed by atoms with Crippen molar-refractivity contribution in [2.75, 3.05) is 0 Å². The Morgan fingerprint density at radius 3 is 2.33 bits per heavy atom. The van der Waals surface area contributed by atoms with Gasteiger partial charge >= 0.3 is 0 Å². The SMILES string of the molecule is [CH2]CC(F)(F)CCC=C. The summed E-state index contributed by atoms with van der Waals surface area (Å²) in [6, 6.07) is 0. The minimum absolute atomic E-state index is 0.125. The highest BCUT2D eigenvalue weighted by Gasteiger charge is 2.24. The third-order valence-corrected chi connectivity index (χ3v) is 1.08. The molecule has 0 spiro atoms. The molecule has 0 unspecified atom stereocenters. The molecule has 0 rings (SSSR count). The number of hydrogen-bond acceptors (Lipinski definition) is 0. The zero-order valence-corrected chi connectivity index (χ0v) is 5.37. The summed E-state index contributed by atoms with van der Waals surface area (Å²) in [5, 5.41) is 0. The second-order valence-electron chi connectivity index (χ2n) is 1.93. The molecule has 1 radical (unpaired) electrons. The van der Waals surface area contributed by atoms with Crippen molar-refractivity contribution in [1.29, 1.82) is 0 Å². The molecular weight excluding hydrogens is 122 g/mol. The van der Waals surface area contributed by atoms with Crippen LogP contribution in [0.25, 0.3) is 0 Å². The number of halogens is 2. The van der Waals surface area contributed by atoms with Gasteiger partial charge in [0, 0.05) is 12.8 Å². The van der Waals surface area contributed by atoms with Crippen LogP contribution in [0.1, 0.15) is 19.3 Å². The van der Waals surface area contributed by atoms with Gasteiger partial charge in [-0.15, -0.1) is 6.58 Å². The van der Waals surface area contributed by atoms with Crippen molar-refractivity contribution in [3.63, 3.8) is 0 Å². The zero-order chi connectivity index (χ0) is 7.33. The van der Waals surface area contributed by atoms with E-state index in [1.807, 2.05) is 0 Å². The van der Waals surface area contributed by atoms with Gasteiger partial charge < -0.3 is 0 Å². The van der Waals surface area contributed by atoms with E-state index < -0.39 is 5.92 Å². The maximum atomic E-state index is 12.2. The van der Waals surface area contributed by atoms with Crippen LogP contribution in [-0.4, -0.2) is 5.92 Å². The lowest BCUT2D eigenvalue weighted by molar-refractivity contribution is -0.00408. The number of alkyl halides is 2. The number of hydrogen-bond donors (Lipinski definition) is 0. The summed E-state index contributed by atoms with van der Waals surface area (Å²) >= 11 is 0. The van der Waals surface area contributed by atoms with E-state index in [-0.39, 0.29) is 12.8 Å². The minimum Gasteiger partial charge on any atom is -0.207 e. The normalized spacial score (nSPS) is 11.4. The lowest BCUT2D eigenvalue weighted by Gasteiger charge is -2.10. The minimum atomic E-state index is -2.59. The third-order valence-electron chi connectivity index (χ3n) is 1.08. The first-order valence-corrected chi connectivity index (χ1v) is 2.90. The first-order valence-electron chi connectivity index (χ1n) is 2.90. The molecule has 9 heavy (non-hydrogen) atoms. The standard InChI is InChI=1S/C7H11F2/c1-3-5-6-7(8,9)4-2/h3H,1-2,4-6H2. The second kappa shape index (κ2) is 3.59. The van der Waals surface area contributed by atoms with Gasteiger partial charge in [0.15, 0.2) is 0 Å². The molecule has 2 heteroatoms. The van der Waals surface area contributed by atoms with E-state index in [1.54, 1.807) is 0 Å². The monoisotopic (exact) mass is 133 g/mol. The molecule has 0 aromatic heterocycles. The van der Waals surface area contributed by atoms with Crippen LogP contribution in [0.15, 0.2) is 12.7 Å². The summed E-state index contributed by atoms with van der Waals surface area (Å²) in [6.45, 7) is 6.47. The summed E-state index contributed by atoms with van der Waals surface area (Å²) < 4.78 is 24.5. The summed E-state index contributed by atoms with van der Waals surface area (Å²) in [5.74, 6) is -2.59. The highest BCUT2D eigenvalue weighted by molar-refractivity contribution is 4.74. The molecule has 0 aromatic carbocycles. The van der Waals surface area contributed by atoms with Gasteiger partial charge in [0.2, 0.25) is 5.92 Å². The van der Waals surface area contributed by atoms with E-state index in [2.05, 4.69) is 13.5 Å². The molecule has 0 saturated carbocycles. The Hall–Kier alpha value is -0.400. The molecule has 0 saturated heterocycles. The predicted molar refractivity (Wildman–Crippen MR) is 34.4 cm³/mol. The van der Waals surface area contributed by atoms with Gasteiger partial charge in [0.1, 0.15) is 0 Å². The molecule has 0 aliphatic heterocycles. The van der Waals surface area contributed by atoms with Gasteiger partial charge in [-0.3, -0.25) is 0 Å². The maximum Gasteiger partial charge on any atom is 0.248 e. The lowest BCUT2D eigenvalue weighted by Crippen LogP contribution is -2.12. The Morgan fingerprint density at radius 1 is 1.44 bits per heavy atom. The summed E-state index contributed by atoms with van der Waals surface area (Å²) in [4.78, 5) is 0. The molecule has 0 nitrogen and oxygen atoms in total. The first kappa shape index (κ1) is 8.60. The van der Waals surface area contributed by atoms with E-state index in [9.17, 15) is 8.78 Å². The molecule has 0 aliphatic carbocycles. The highest BCUT2D eigenvalue weighted by Crippen LogP contribution is 2.23. The van der Waals surface area contributed by atoms with Crippen LogP contribution in [0.3, 0.4) is 0 Å². The van der Waals surface area contributed by atoms with Gasteiger partial charge in [0.25, 0.3) is 0 Å². The van der Waals surface area contributed by atoms with Crippen LogP contribution in [-0.2, 0) is 0 Å². The van der Waals surface area contributed by atoms with Crippen LogP contribution in [0, 0.1) is 6.92 Å². The summed E-state index contributed by atoms with van der Waals surface area (Å²) in [7, 11) is 0. The fourth-order valence-corrected chi connectivity index (χ4v) is 0.438. The van der Waals surface area contributed by atoms with Crippen molar-refractivity contribution in [3.05, 3.63) is 19.6 Å². The first-order chi connectivity index (χ1) is 4.12. The Balaban J connectivity index is 3.44. The lowest BCUT2D eigenvalue weighted by atomic mass is 10.1. The fraction of sp³-hybridized carbons (Fsp3) is 0.571. The van der Waals surface area contributed by atoms with Crippen LogP contribution >= 0.6 is 0 Å². The largest absolute Gasteiger partial charge is 0.248 e. The second-order valence-corrected chi connectivity index (χ2v) is 1.93. The molecule has 0 fully saturated rings. The van der Waals surface area contributed by atoms with Gasteiger partial charge in [-0.2, -0.15) is 0 Å². The van der Waals surface area contributed by atoms with E-state index in [4.69, 9.17) is 0 Å². The van der Waals surface area contributed by atoms with E-state index >= 15 is 0 Å². The van der Waals surface area contributed by atoms with Crippen molar-refractivity contribution in [2.45, 2.75) is 25.2 Å². The van der Waals surface area contributed by atoms with E-state index in [0.717, 1.165) is 0 Å². The van der Waals surface area contributed by atoms with E-state index in [0.29, 0.717) is 6.42 Å². The van der Waals surface area contributed by atoms with Gasteiger partial charge in [-0.05, 0) is 13.3 Å². The molecule has 53 valence electrons. The van der Waals surface area contributed by atoms with Crippen LogP contribution in [0.5, 0.6) is 0 Å². The van der Waals surface area contributed by atoms with Crippen molar-refractivity contribution in [3.8, 4) is 0 Å². The van der Waals surface area contributed by atoms with E-state index in [1.165, 1.54) is 6.08 Å². The number of allylic oxidation sites excluding steroid dienone is 1. The molecule has 0 heterocycles. The Bertz CT molecular complexity index is 86.9. The Morgan fingerprint density at radius 2 is 2.00 bits per heavy atom. The third kappa shape index (κ3) is 4.13. The van der Waals surface area contributed by atoms with Crippen molar-refractivity contribution in [1.82, 2.24) is 0 Å². The molecule has 0 atom stereocenters. The van der Waals surface area contributed by atoms with Crippen LogP contribution in [0.2, 0.25) is 0 Å². The molecule has 0 aliphatic rings. The van der Waals surface area contributed by atoms with Gasteiger partial charge in [-0.25, -0.2) is 8.78 Å². The Labute approximate surface area is 54.6 Å². The molecule has 0 amide bonds. The van der Waals surface area contributed by atoms with Gasteiger partial charge in [0.05, 0.1) is 0 Å². The maximum absolute atomic E-state index is 12.2. The topological polar surface area (TPSA) is 0 Å². The average Bonchev–Trinajstić information content (AvgIpc) is 1.84. The highest BCUT2D eigenvalue weighted by atomic mass is 19.3. The van der Waals surface area contributed by atoms with Gasteiger partial charge in [-0.1, -0.05) is 6.08 Å². The Kier molecular flexibility index (Phi) is 3.43. The van der Waals surface area contributed by atoms with Crippen molar-refractivity contribution < 1.29 is 8.78 Å². The smallest absolute Gasteiger partial charge is 0.207 e. The molecule has 0 bridgehead atoms. The average molecular weight is 133 g/mol. The molecule has 0 N–H and O–H groups in total. The summed E-state index contributed by atoms with van der Waals surface area (Å²) in [6.07, 6.45) is 1.41. The molecular formula is C7H11F2. The predicted octanol–water partition coefficient (Wildman–Crippen LogP) is 2.81. The summed E-state index contributed by atoms with van der Waals surface area (Å²) in [5.41, 5.74) is 0. The molecule has 0 aromatic rings. The van der Waals surface area contributed by atoms with Crippen molar-refractivity contribution in [2.24, 2.45) is 0 Å². The van der Waals surface area contributed by atoms with Crippen LogP contribution in [0.4, 0.5) is 8.78 Å². The quantitative estimate of drug-likeness (QED) is 0.517. The number of rotatable bonds is 4.